The molecule has 0 aromatic heterocycles. The highest BCUT2D eigenvalue weighted by Crippen LogP contribution is 2.60. The molecule has 0 aliphatic heterocycles. The van der Waals surface area contributed by atoms with Crippen molar-refractivity contribution in [3.63, 3.8) is 0 Å². The maximum absolute atomic E-state index is 10.4. The maximum Gasteiger partial charge on any atom is 0.119 e. The van der Waals surface area contributed by atoms with E-state index in [1.54, 1.807) is 7.11 Å². The molecule has 1 aromatic carbocycles. The monoisotopic (exact) mass is 286 g/mol. The molecule has 0 bridgehead atoms. The number of aryl methyl sites for hydroxylation is 1. The Morgan fingerprint density at radius 1 is 1.19 bits per heavy atom. The lowest BCUT2D eigenvalue weighted by molar-refractivity contribution is -0.0226. The number of hydrogen-bond acceptors (Lipinski definition) is 2. The molecule has 2 saturated carbocycles. The van der Waals surface area contributed by atoms with Crippen LogP contribution in [0.4, 0.5) is 0 Å². The zero-order valence-electron chi connectivity index (χ0n) is 13.1. The van der Waals surface area contributed by atoms with Crippen molar-refractivity contribution < 1.29 is 9.84 Å². The molecule has 114 valence electrons. The molecular weight excluding hydrogens is 260 g/mol. The van der Waals surface area contributed by atoms with Crippen molar-refractivity contribution in [3.8, 4) is 5.75 Å². The standard InChI is InChI=1S/C19H26O2/c1-19-10-9-14-15(17(19)7-8-18(19)20)6-4-12-3-5-13(21-2)11-16(12)14/h3,5,11,14-15,17-18,20H,4,6-10H2,1-2H3/t14?,15?,17?,18-,19-/m0/s1. The fourth-order valence-corrected chi connectivity index (χ4v) is 5.64. The molecule has 3 aliphatic carbocycles. The summed E-state index contributed by atoms with van der Waals surface area (Å²) >= 11 is 0. The highest BCUT2D eigenvalue weighted by Gasteiger charge is 2.54. The van der Waals surface area contributed by atoms with E-state index >= 15 is 0 Å². The Morgan fingerprint density at radius 3 is 2.86 bits per heavy atom. The third-order valence-corrected chi connectivity index (χ3v) is 6.89. The number of ether oxygens (including phenoxy) is 1. The third kappa shape index (κ3) is 1.88. The van der Waals surface area contributed by atoms with Crippen molar-refractivity contribution in [2.24, 2.45) is 17.3 Å². The van der Waals surface area contributed by atoms with Crippen molar-refractivity contribution in [2.45, 2.75) is 57.5 Å². The largest absolute Gasteiger partial charge is 0.497 e. The molecule has 2 heteroatoms. The molecule has 3 unspecified atom stereocenters. The average molecular weight is 286 g/mol. The predicted molar refractivity (Wildman–Crippen MR) is 83.6 cm³/mol. The van der Waals surface area contributed by atoms with Crippen molar-refractivity contribution in [3.05, 3.63) is 29.3 Å². The van der Waals surface area contributed by atoms with E-state index in [2.05, 4.69) is 25.1 Å². The van der Waals surface area contributed by atoms with Crippen molar-refractivity contribution in [1.29, 1.82) is 0 Å². The van der Waals surface area contributed by atoms with Crippen LogP contribution in [0.5, 0.6) is 5.75 Å². The maximum atomic E-state index is 10.4. The quantitative estimate of drug-likeness (QED) is 0.848. The van der Waals surface area contributed by atoms with Gasteiger partial charge in [-0.3, -0.25) is 0 Å². The first kappa shape index (κ1) is 13.6. The van der Waals surface area contributed by atoms with Crippen LogP contribution in [-0.4, -0.2) is 18.3 Å². The van der Waals surface area contributed by atoms with Gasteiger partial charge in [0, 0.05) is 0 Å². The molecule has 5 atom stereocenters. The summed E-state index contributed by atoms with van der Waals surface area (Å²) in [6.45, 7) is 2.34. The summed E-state index contributed by atoms with van der Waals surface area (Å²) < 4.78 is 5.44. The lowest BCUT2D eigenvalue weighted by atomic mass is 9.55. The summed E-state index contributed by atoms with van der Waals surface area (Å²) in [5.74, 6) is 3.16. The molecule has 0 amide bonds. The minimum Gasteiger partial charge on any atom is -0.497 e. The van der Waals surface area contributed by atoms with E-state index < -0.39 is 0 Å². The van der Waals surface area contributed by atoms with Gasteiger partial charge in [0.25, 0.3) is 0 Å². The Balaban J connectivity index is 1.71. The second kappa shape index (κ2) is 4.74. The second-order valence-corrected chi connectivity index (χ2v) is 7.62. The van der Waals surface area contributed by atoms with Gasteiger partial charge in [-0.2, -0.15) is 0 Å². The van der Waals surface area contributed by atoms with Gasteiger partial charge in [-0.15, -0.1) is 0 Å². The number of rotatable bonds is 1. The lowest BCUT2D eigenvalue weighted by Gasteiger charge is -2.50. The SMILES string of the molecule is COc1ccc2c(c1)C1CC[C@@]3(C)C(CC[C@@H]3O)C1CC2. The molecule has 3 aliphatic rings. The fourth-order valence-electron chi connectivity index (χ4n) is 5.64. The summed E-state index contributed by atoms with van der Waals surface area (Å²) in [5.41, 5.74) is 3.24. The fraction of sp³-hybridized carbons (Fsp3) is 0.684. The van der Waals surface area contributed by atoms with Crippen LogP contribution >= 0.6 is 0 Å². The summed E-state index contributed by atoms with van der Waals surface area (Å²) in [6.07, 6.45) is 7.06. The van der Waals surface area contributed by atoms with Gasteiger partial charge >= 0.3 is 0 Å². The Labute approximate surface area is 127 Å². The molecule has 0 radical (unpaired) electrons. The molecule has 0 spiro atoms. The predicted octanol–water partition coefficient (Wildman–Crippen LogP) is 3.91. The van der Waals surface area contributed by atoms with Crippen LogP contribution in [-0.2, 0) is 6.42 Å². The van der Waals surface area contributed by atoms with Gasteiger partial charge in [0.1, 0.15) is 5.75 Å². The van der Waals surface area contributed by atoms with Gasteiger partial charge in [0.15, 0.2) is 0 Å². The first-order chi connectivity index (χ1) is 10.1. The van der Waals surface area contributed by atoms with E-state index in [0.29, 0.717) is 11.8 Å². The van der Waals surface area contributed by atoms with Crippen LogP contribution in [0.3, 0.4) is 0 Å². The minimum atomic E-state index is -0.0739. The second-order valence-electron chi connectivity index (χ2n) is 7.62. The minimum absolute atomic E-state index is 0.0739. The van der Waals surface area contributed by atoms with Crippen LogP contribution in [0.15, 0.2) is 18.2 Å². The third-order valence-electron chi connectivity index (χ3n) is 6.89. The zero-order valence-corrected chi connectivity index (χ0v) is 13.1. The number of fused-ring (bicyclic) bond motifs is 5. The highest BCUT2D eigenvalue weighted by molar-refractivity contribution is 5.41. The van der Waals surface area contributed by atoms with E-state index in [-0.39, 0.29) is 11.5 Å². The van der Waals surface area contributed by atoms with Crippen molar-refractivity contribution in [2.75, 3.05) is 7.11 Å². The Morgan fingerprint density at radius 2 is 2.05 bits per heavy atom. The molecule has 0 heterocycles. The van der Waals surface area contributed by atoms with Gasteiger partial charge in [-0.05, 0) is 85.0 Å². The van der Waals surface area contributed by atoms with Crippen LogP contribution in [0.1, 0.15) is 56.1 Å². The lowest BCUT2D eigenvalue weighted by Crippen LogP contribution is -2.43. The number of benzene rings is 1. The van der Waals surface area contributed by atoms with Crippen LogP contribution in [0.25, 0.3) is 0 Å². The van der Waals surface area contributed by atoms with Crippen LogP contribution < -0.4 is 4.74 Å². The number of aliphatic hydroxyl groups excluding tert-OH is 1. The highest BCUT2D eigenvalue weighted by atomic mass is 16.5. The van der Waals surface area contributed by atoms with Gasteiger partial charge in [0.05, 0.1) is 13.2 Å². The van der Waals surface area contributed by atoms with E-state index in [9.17, 15) is 5.11 Å². The molecule has 1 aromatic rings. The first-order valence-corrected chi connectivity index (χ1v) is 8.48. The Bertz CT molecular complexity index is 552. The number of hydrogen-bond donors (Lipinski definition) is 1. The normalized spacial score (nSPS) is 41.1. The van der Waals surface area contributed by atoms with E-state index in [1.807, 2.05) is 0 Å². The molecule has 1 N–H and O–H groups in total. The molecule has 2 fully saturated rings. The summed E-state index contributed by atoms with van der Waals surface area (Å²) in [7, 11) is 1.76. The smallest absolute Gasteiger partial charge is 0.119 e. The number of aliphatic hydroxyl groups is 1. The van der Waals surface area contributed by atoms with Gasteiger partial charge in [-0.25, -0.2) is 0 Å². The van der Waals surface area contributed by atoms with E-state index in [4.69, 9.17) is 4.74 Å². The van der Waals surface area contributed by atoms with Crippen LogP contribution in [0, 0.1) is 17.3 Å². The van der Waals surface area contributed by atoms with E-state index in [1.165, 1.54) is 43.2 Å². The van der Waals surface area contributed by atoms with Gasteiger partial charge in [-0.1, -0.05) is 13.0 Å². The van der Waals surface area contributed by atoms with Crippen LogP contribution in [0.2, 0.25) is 0 Å². The van der Waals surface area contributed by atoms with Gasteiger partial charge in [0.2, 0.25) is 0 Å². The Kier molecular flexibility index (Phi) is 3.08. The summed E-state index contributed by atoms with van der Waals surface area (Å²) in [6, 6.07) is 6.65. The summed E-state index contributed by atoms with van der Waals surface area (Å²) in [4.78, 5) is 0. The first-order valence-electron chi connectivity index (χ1n) is 8.48. The molecule has 4 rings (SSSR count). The number of methoxy groups -OCH3 is 1. The topological polar surface area (TPSA) is 29.5 Å². The zero-order chi connectivity index (χ0) is 14.6. The Hall–Kier alpha value is -1.02. The van der Waals surface area contributed by atoms with Gasteiger partial charge < -0.3 is 9.84 Å². The average Bonchev–Trinajstić information content (AvgIpc) is 2.82. The summed E-state index contributed by atoms with van der Waals surface area (Å²) in [5, 5.41) is 10.4. The molecule has 2 nitrogen and oxygen atoms in total. The molecule has 21 heavy (non-hydrogen) atoms. The van der Waals surface area contributed by atoms with Crippen molar-refractivity contribution in [1.82, 2.24) is 0 Å². The molecular formula is C19H26O2. The van der Waals surface area contributed by atoms with E-state index in [0.717, 1.165) is 18.1 Å². The van der Waals surface area contributed by atoms with Crippen molar-refractivity contribution >= 4 is 0 Å². The molecule has 0 saturated heterocycles.